The maximum atomic E-state index is 11.5. The molecule has 1 rings (SSSR count). The van der Waals surface area contributed by atoms with Gasteiger partial charge in [-0.2, -0.15) is 0 Å². The first-order chi connectivity index (χ1) is 7.27. The largest absolute Gasteiger partial charge is 0.449 e. The number of carbonyl (C=O) groups is 1. The maximum Gasteiger partial charge on any atom is 0.409 e. The Bertz CT molecular complexity index is 191. The number of rotatable bonds is 4. The van der Waals surface area contributed by atoms with Gasteiger partial charge in [-0.15, -0.1) is 11.6 Å². The number of nitrogens with zero attached hydrogens (tertiary/aromatic N) is 1. The first-order valence-corrected chi connectivity index (χ1v) is 6.29. The molecule has 1 aliphatic heterocycles. The number of ether oxygens (including phenoxy) is 1. The average Bonchev–Trinajstić information content (AvgIpc) is 2.29. The highest BCUT2D eigenvalue weighted by molar-refractivity contribution is 6.18. The number of alkyl halides is 1. The Morgan fingerprint density at radius 2 is 2.13 bits per heavy atom. The summed E-state index contributed by atoms with van der Waals surface area (Å²) in [5.74, 6) is 1.28. The zero-order valence-corrected chi connectivity index (χ0v) is 10.1. The van der Waals surface area contributed by atoms with E-state index in [0.717, 1.165) is 38.8 Å². The van der Waals surface area contributed by atoms with E-state index in [2.05, 4.69) is 6.92 Å². The van der Waals surface area contributed by atoms with Crippen LogP contribution >= 0.6 is 11.6 Å². The number of carbonyl (C=O) groups excluding carboxylic acids is 1. The molecule has 1 heterocycles. The predicted octanol–water partition coefficient (Wildman–Crippen LogP) is 2.87. The minimum Gasteiger partial charge on any atom is -0.449 e. The number of hydrogen-bond donors (Lipinski definition) is 0. The smallest absolute Gasteiger partial charge is 0.409 e. The van der Waals surface area contributed by atoms with Gasteiger partial charge in [0.05, 0.1) is 6.61 Å². The first kappa shape index (κ1) is 12.6. The molecule has 0 aromatic heterocycles. The molecule has 1 aliphatic rings. The van der Waals surface area contributed by atoms with E-state index < -0.39 is 0 Å². The molecule has 0 aromatic carbocycles. The van der Waals surface area contributed by atoms with Gasteiger partial charge in [0, 0.05) is 19.0 Å². The van der Waals surface area contributed by atoms with Crippen molar-refractivity contribution in [1.29, 1.82) is 0 Å². The summed E-state index contributed by atoms with van der Waals surface area (Å²) in [6, 6.07) is 0. The van der Waals surface area contributed by atoms with Crippen LogP contribution in [0.2, 0.25) is 0 Å². The predicted molar refractivity (Wildman–Crippen MR) is 61.3 cm³/mol. The van der Waals surface area contributed by atoms with Gasteiger partial charge in [-0.25, -0.2) is 4.79 Å². The second-order valence-electron chi connectivity index (χ2n) is 4.05. The van der Waals surface area contributed by atoms with Crippen LogP contribution in [0, 0.1) is 5.92 Å². The highest BCUT2D eigenvalue weighted by Gasteiger charge is 2.22. The number of amides is 1. The fourth-order valence-electron chi connectivity index (χ4n) is 1.66. The molecule has 0 aromatic rings. The minimum atomic E-state index is -0.156. The topological polar surface area (TPSA) is 29.5 Å². The van der Waals surface area contributed by atoms with Crippen LogP contribution < -0.4 is 0 Å². The summed E-state index contributed by atoms with van der Waals surface area (Å²) < 4.78 is 5.14. The summed E-state index contributed by atoms with van der Waals surface area (Å²) in [6.45, 7) is 4.22. The summed E-state index contributed by atoms with van der Waals surface area (Å²) in [5, 5.41) is 0. The van der Waals surface area contributed by atoms with E-state index >= 15 is 0 Å². The SMILES string of the molecule is CCCCOC(=O)N1CCC(CCl)CC1. The normalized spacial score (nSPS) is 17.9. The lowest BCUT2D eigenvalue weighted by molar-refractivity contribution is 0.0884. The number of likely N-dealkylation sites (tertiary alicyclic amines) is 1. The molecule has 0 spiro atoms. The van der Waals surface area contributed by atoms with Gasteiger partial charge in [0.25, 0.3) is 0 Å². The van der Waals surface area contributed by atoms with Gasteiger partial charge >= 0.3 is 6.09 Å². The summed E-state index contributed by atoms with van der Waals surface area (Å²) >= 11 is 5.78. The van der Waals surface area contributed by atoms with Gasteiger partial charge in [0.1, 0.15) is 0 Å². The fraction of sp³-hybridized carbons (Fsp3) is 0.909. The average molecular weight is 234 g/mol. The molecule has 1 amide bonds. The van der Waals surface area contributed by atoms with E-state index in [1.54, 1.807) is 4.90 Å². The van der Waals surface area contributed by atoms with Crippen molar-refractivity contribution in [2.75, 3.05) is 25.6 Å². The van der Waals surface area contributed by atoms with Crippen LogP contribution in [-0.2, 0) is 4.74 Å². The van der Waals surface area contributed by atoms with E-state index in [9.17, 15) is 4.79 Å². The van der Waals surface area contributed by atoms with Gasteiger partial charge in [0.2, 0.25) is 0 Å². The van der Waals surface area contributed by atoms with Crippen LogP contribution in [-0.4, -0.2) is 36.6 Å². The Morgan fingerprint density at radius 3 is 2.67 bits per heavy atom. The highest BCUT2D eigenvalue weighted by Crippen LogP contribution is 2.18. The van der Waals surface area contributed by atoms with E-state index in [-0.39, 0.29) is 6.09 Å². The first-order valence-electron chi connectivity index (χ1n) is 5.75. The number of hydrogen-bond acceptors (Lipinski definition) is 2. The van der Waals surface area contributed by atoms with Crippen molar-refractivity contribution < 1.29 is 9.53 Å². The van der Waals surface area contributed by atoms with Gasteiger partial charge < -0.3 is 9.64 Å². The van der Waals surface area contributed by atoms with Crippen molar-refractivity contribution in [3.05, 3.63) is 0 Å². The van der Waals surface area contributed by atoms with Crippen LogP contribution in [0.5, 0.6) is 0 Å². The van der Waals surface area contributed by atoms with Crippen molar-refractivity contribution in [3.8, 4) is 0 Å². The standard InChI is InChI=1S/C11H20ClNO2/c1-2-3-8-15-11(14)13-6-4-10(9-12)5-7-13/h10H,2-9H2,1H3. The summed E-state index contributed by atoms with van der Waals surface area (Å²) in [5.41, 5.74) is 0. The molecule has 0 atom stereocenters. The molecular formula is C11H20ClNO2. The van der Waals surface area contributed by atoms with E-state index in [1.807, 2.05) is 0 Å². The molecule has 3 nitrogen and oxygen atoms in total. The summed E-state index contributed by atoms with van der Waals surface area (Å²) in [7, 11) is 0. The molecule has 0 aliphatic carbocycles. The lowest BCUT2D eigenvalue weighted by Gasteiger charge is -2.30. The Balaban J connectivity index is 2.18. The summed E-state index contributed by atoms with van der Waals surface area (Å²) in [6.07, 6.45) is 3.86. The molecule has 0 radical (unpaired) electrons. The van der Waals surface area contributed by atoms with Gasteiger partial charge in [-0.1, -0.05) is 13.3 Å². The molecule has 1 saturated heterocycles. The Kier molecular flexibility index (Phi) is 5.84. The monoisotopic (exact) mass is 233 g/mol. The second kappa shape index (κ2) is 6.94. The molecule has 15 heavy (non-hydrogen) atoms. The molecule has 1 fully saturated rings. The fourth-order valence-corrected chi connectivity index (χ4v) is 1.97. The lowest BCUT2D eigenvalue weighted by atomic mass is 9.99. The highest BCUT2D eigenvalue weighted by atomic mass is 35.5. The van der Waals surface area contributed by atoms with Crippen molar-refractivity contribution >= 4 is 17.7 Å². The number of unbranched alkanes of at least 4 members (excludes halogenated alkanes) is 1. The molecule has 0 bridgehead atoms. The third-order valence-corrected chi connectivity index (χ3v) is 3.25. The molecule has 88 valence electrons. The summed E-state index contributed by atoms with van der Waals surface area (Å²) in [4.78, 5) is 13.3. The van der Waals surface area contributed by atoms with Crippen LogP contribution in [0.25, 0.3) is 0 Å². The van der Waals surface area contributed by atoms with Crippen molar-refractivity contribution in [3.63, 3.8) is 0 Å². The lowest BCUT2D eigenvalue weighted by Crippen LogP contribution is -2.39. The zero-order valence-electron chi connectivity index (χ0n) is 9.38. The second-order valence-corrected chi connectivity index (χ2v) is 4.36. The Morgan fingerprint density at radius 1 is 1.47 bits per heavy atom. The van der Waals surface area contributed by atoms with Crippen LogP contribution in [0.4, 0.5) is 4.79 Å². The Labute approximate surface area is 96.7 Å². The minimum absolute atomic E-state index is 0.156. The third kappa shape index (κ3) is 4.29. The molecule has 0 unspecified atom stereocenters. The van der Waals surface area contributed by atoms with E-state index in [0.29, 0.717) is 18.4 Å². The van der Waals surface area contributed by atoms with Crippen LogP contribution in [0.15, 0.2) is 0 Å². The molecule has 4 heteroatoms. The van der Waals surface area contributed by atoms with Crippen molar-refractivity contribution in [1.82, 2.24) is 4.90 Å². The molecular weight excluding hydrogens is 214 g/mol. The van der Waals surface area contributed by atoms with Gasteiger partial charge in [0.15, 0.2) is 0 Å². The van der Waals surface area contributed by atoms with Crippen LogP contribution in [0.1, 0.15) is 32.6 Å². The van der Waals surface area contributed by atoms with Crippen molar-refractivity contribution in [2.24, 2.45) is 5.92 Å². The van der Waals surface area contributed by atoms with E-state index in [1.165, 1.54) is 0 Å². The number of halogens is 1. The van der Waals surface area contributed by atoms with Gasteiger partial charge in [-0.05, 0) is 25.2 Å². The molecule has 0 N–H and O–H groups in total. The molecule has 0 saturated carbocycles. The third-order valence-electron chi connectivity index (χ3n) is 2.81. The van der Waals surface area contributed by atoms with Crippen molar-refractivity contribution in [2.45, 2.75) is 32.6 Å². The zero-order chi connectivity index (χ0) is 11.1. The number of piperidine rings is 1. The quantitative estimate of drug-likeness (QED) is 0.552. The van der Waals surface area contributed by atoms with Gasteiger partial charge in [-0.3, -0.25) is 0 Å². The Hall–Kier alpha value is -0.440. The van der Waals surface area contributed by atoms with Crippen LogP contribution in [0.3, 0.4) is 0 Å². The van der Waals surface area contributed by atoms with E-state index in [4.69, 9.17) is 16.3 Å². The maximum absolute atomic E-state index is 11.5.